The summed E-state index contributed by atoms with van der Waals surface area (Å²) in [5, 5.41) is 0.498. The molecule has 0 saturated carbocycles. The van der Waals surface area contributed by atoms with Crippen LogP contribution in [0.25, 0.3) is 5.57 Å². The lowest BCUT2D eigenvalue weighted by Crippen LogP contribution is -2.33. The van der Waals surface area contributed by atoms with Gasteiger partial charge in [-0.15, -0.1) is 5.46 Å². The van der Waals surface area contributed by atoms with Gasteiger partial charge in [0.05, 0.1) is 11.6 Å². The predicted molar refractivity (Wildman–Crippen MR) is 116 cm³/mol. The zero-order chi connectivity index (χ0) is 18.4. The first kappa shape index (κ1) is 18.4. The Hall–Kier alpha value is -1.40. The fourth-order valence-corrected chi connectivity index (χ4v) is 8.67. The van der Waals surface area contributed by atoms with Crippen molar-refractivity contribution in [3.8, 4) is 0 Å². The zero-order valence-electron chi connectivity index (χ0n) is 16.6. The number of hydrogen-bond donors (Lipinski definition) is 0. The van der Waals surface area contributed by atoms with Crippen LogP contribution in [0.1, 0.15) is 54.0 Å². The van der Waals surface area contributed by atoms with Crippen LogP contribution in [0.4, 0.5) is 0 Å². The minimum Gasteiger partial charge on any atom is -0.509 e. The molecule has 0 N–H and O–H groups in total. The number of allylic oxidation sites excluding steroid dienone is 4. The van der Waals surface area contributed by atoms with Gasteiger partial charge >= 0.3 is 0 Å². The topological polar surface area (TPSA) is 12.4 Å². The Morgan fingerprint density at radius 1 is 1.08 bits per heavy atom. The van der Waals surface area contributed by atoms with Crippen molar-refractivity contribution in [2.24, 2.45) is 4.90 Å². The highest BCUT2D eigenvalue weighted by Gasteiger charge is 2.41. The molecule has 3 heteroatoms. The van der Waals surface area contributed by atoms with Crippen LogP contribution in [0.2, 0.25) is 0 Å². The lowest BCUT2D eigenvalue weighted by molar-refractivity contribution is 0.717. The molecule has 2 aliphatic rings. The second kappa shape index (κ2) is 6.40. The van der Waals surface area contributed by atoms with Crippen LogP contribution in [0.3, 0.4) is 0 Å². The molecule has 1 aromatic rings. The molecule has 0 aromatic heterocycles. The number of benzene rings is 1. The van der Waals surface area contributed by atoms with E-state index in [9.17, 15) is 0 Å². The second-order valence-corrected chi connectivity index (χ2v) is 12.9. The summed E-state index contributed by atoms with van der Waals surface area (Å²) in [5.41, 5.74) is 5.36. The highest BCUT2D eigenvalue weighted by Crippen LogP contribution is 2.60. The summed E-state index contributed by atoms with van der Waals surface area (Å²) in [6.45, 7) is 16.6. The van der Waals surface area contributed by atoms with Gasteiger partial charge in [0.2, 0.25) is 0 Å². The smallest absolute Gasteiger partial charge is 0.161 e. The molecule has 1 nitrogen and oxygen atoms in total. The van der Waals surface area contributed by atoms with Crippen LogP contribution in [-0.4, -0.2) is 22.6 Å². The number of nitrogens with zero attached hydrogens (tertiary/aromatic N) is 1. The summed E-state index contributed by atoms with van der Waals surface area (Å²) in [5.74, 6) is 1.35. The van der Waals surface area contributed by atoms with Gasteiger partial charge in [-0.05, 0) is 34.6 Å². The average molecular weight is 349 g/mol. The molecule has 0 spiro atoms. The van der Waals surface area contributed by atoms with E-state index >= 15 is 0 Å². The van der Waals surface area contributed by atoms with E-state index in [0.29, 0.717) is 0 Å². The van der Waals surface area contributed by atoms with E-state index in [1.54, 1.807) is 0 Å². The Labute approximate surface area is 155 Å². The maximum Gasteiger partial charge on any atom is 0.161 e. The molecule has 0 atom stereocenters. The standard InChI is InChI=1S/C22H29BNP/c1-16(25(21(2,3)4)22(5,6)7)24-23-19-14-10-8-12-17(19)18-13-9-11-15-20(18)23/h8-15H,1-7H3/q+1. The third-order valence-corrected chi connectivity index (χ3v) is 8.23. The second-order valence-electron chi connectivity index (χ2n) is 8.93. The first-order valence-electron chi connectivity index (χ1n) is 9.13. The summed E-state index contributed by atoms with van der Waals surface area (Å²) in [6, 6.07) is 8.74. The van der Waals surface area contributed by atoms with E-state index in [4.69, 9.17) is 4.90 Å². The van der Waals surface area contributed by atoms with E-state index in [0.717, 1.165) is 0 Å². The Morgan fingerprint density at radius 2 is 1.72 bits per heavy atom. The molecular weight excluding hydrogens is 320 g/mol. The highest BCUT2D eigenvalue weighted by molar-refractivity contribution is 7.77. The molecule has 1 heterocycles. The molecule has 0 amide bonds. The van der Waals surface area contributed by atoms with Crippen molar-refractivity contribution >= 4 is 31.3 Å². The number of rotatable bonds is 2. The quantitative estimate of drug-likeness (QED) is 0.282. The Balaban J connectivity index is 2.06. The van der Waals surface area contributed by atoms with Crippen LogP contribution in [0.5, 0.6) is 0 Å². The van der Waals surface area contributed by atoms with Crippen molar-refractivity contribution < 1.29 is 0 Å². The van der Waals surface area contributed by atoms with Gasteiger partial charge in [0, 0.05) is 0 Å². The fourth-order valence-electron chi connectivity index (χ4n) is 4.49. The highest BCUT2D eigenvalue weighted by atomic mass is 31.1. The molecule has 1 aliphatic heterocycles. The van der Waals surface area contributed by atoms with Gasteiger partial charge in [0.1, 0.15) is 18.6 Å². The minimum absolute atomic E-state index is 0.141. The molecule has 0 bridgehead atoms. The van der Waals surface area contributed by atoms with Gasteiger partial charge in [0.15, 0.2) is 12.4 Å². The van der Waals surface area contributed by atoms with E-state index in [1.165, 1.54) is 27.9 Å². The van der Waals surface area contributed by atoms with Crippen molar-refractivity contribution in [3.63, 3.8) is 0 Å². The summed E-state index contributed by atoms with van der Waals surface area (Å²) in [6.07, 6.45) is 8.74. The van der Waals surface area contributed by atoms with Crippen LogP contribution in [0, 0.1) is 12.2 Å². The molecule has 3 rings (SSSR count). The molecule has 129 valence electrons. The summed E-state index contributed by atoms with van der Waals surface area (Å²) >= 11 is 0. The fraction of sp³-hybridized carbons (Fsp3) is 0.409. The molecule has 1 aliphatic carbocycles. The molecule has 25 heavy (non-hydrogen) atoms. The van der Waals surface area contributed by atoms with E-state index in [2.05, 4.69) is 97.4 Å². The van der Waals surface area contributed by atoms with Gasteiger partial charge in [0.25, 0.3) is 0 Å². The van der Waals surface area contributed by atoms with Crippen LogP contribution >= 0.6 is 7.92 Å². The van der Waals surface area contributed by atoms with Crippen molar-refractivity contribution in [2.75, 3.05) is 0 Å². The van der Waals surface area contributed by atoms with Crippen molar-refractivity contribution in [2.45, 2.75) is 58.8 Å². The molecular formula is C22H29BNP+. The summed E-state index contributed by atoms with van der Waals surface area (Å²) in [4.78, 5) is 5.34. The van der Waals surface area contributed by atoms with Crippen molar-refractivity contribution in [1.82, 2.24) is 0 Å². The molecule has 0 saturated heterocycles. The Morgan fingerprint density at radius 3 is 2.36 bits per heavy atom. The van der Waals surface area contributed by atoms with E-state index in [-0.39, 0.29) is 25.1 Å². The lowest BCUT2D eigenvalue weighted by Gasteiger charge is -2.42. The van der Waals surface area contributed by atoms with Crippen LogP contribution in [-0.2, 0) is 0 Å². The molecule has 1 aromatic carbocycles. The monoisotopic (exact) mass is 349 g/mol. The van der Waals surface area contributed by atoms with Gasteiger partial charge in [-0.1, -0.05) is 67.7 Å². The van der Waals surface area contributed by atoms with Crippen molar-refractivity contribution in [3.05, 3.63) is 60.3 Å². The number of fused-ring (bicyclic) bond motifs is 3. The molecule has 0 unspecified atom stereocenters. The van der Waals surface area contributed by atoms with Gasteiger partial charge < -0.3 is 4.90 Å². The van der Waals surface area contributed by atoms with Gasteiger partial charge in [-0.2, -0.15) is 0 Å². The maximum absolute atomic E-state index is 5.34. The number of hydrogen-bond acceptors (Lipinski definition) is 1. The molecule has 1 radical (unpaired) electrons. The predicted octanol–water partition coefficient (Wildman–Crippen LogP) is 5.67. The molecule has 0 fully saturated rings. The first-order valence-corrected chi connectivity index (χ1v) is 10.5. The third kappa shape index (κ3) is 3.47. The SMILES string of the molecule is CC(=N[B-]1c2ccccc2C2=C[CH+]C=C[C+]12)P(C(C)(C)C)C(C)(C)C. The first-order chi connectivity index (χ1) is 11.6. The largest absolute Gasteiger partial charge is 0.509 e. The van der Waals surface area contributed by atoms with Gasteiger partial charge in [-0.3, -0.25) is 0 Å². The van der Waals surface area contributed by atoms with E-state index in [1.807, 2.05) is 0 Å². The third-order valence-electron chi connectivity index (χ3n) is 4.78. The minimum atomic E-state index is -0.349. The normalized spacial score (nSPS) is 18.2. The summed E-state index contributed by atoms with van der Waals surface area (Å²) in [7, 11) is -0.349. The van der Waals surface area contributed by atoms with Crippen LogP contribution < -0.4 is 5.46 Å². The van der Waals surface area contributed by atoms with Gasteiger partial charge in [-0.25, -0.2) is 0 Å². The lowest BCUT2D eigenvalue weighted by atomic mass is 9.50. The van der Waals surface area contributed by atoms with Crippen LogP contribution in [0.15, 0.2) is 47.4 Å². The zero-order valence-corrected chi connectivity index (χ0v) is 17.5. The average Bonchev–Trinajstić information content (AvgIpc) is 2.79. The van der Waals surface area contributed by atoms with Crippen molar-refractivity contribution in [1.29, 1.82) is 0 Å². The van der Waals surface area contributed by atoms with E-state index < -0.39 is 0 Å². The maximum atomic E-state index is 5.34. The Kier molecular flexibility index (Phi) is 4.71. The summed E-state index contributed by atoms with van der Waals surface area (Å²) < 4.78 is 0. The Bertz CT molecular complexity index is 732.